The van der Waals surface area contributed by atoms with E-state index in [1.54, 1.807) is 11.8 Å². The third-order valence-electron chi connectivity index (χ3n) is 2.80. The van der Waals surface area contributed by atoms with Gasteiger partial charge in [0.1, 0.15) is 12.0 Å². The van der Waals surface area contributed by atoms with E-state index >= 15 is 0 Å². The zero-order valence-electron chi connectivity index (χ0n) is 11.3. The monoisotopic (exact) mass is 287 g/mol. The van der Waals surface area contributed by atoms with Gasteiger partial charge < -0.3 is 10.1 Å². The number of carbonyl (C=O) groups is 1. The van der Waals surface area contributed by atoms with Crippen molar-refractivity contribution in [3.05, 3.63) is 71.8 Å². The molecule has 2 aromatic carbocycles. The minimum absolute atomic E-state index is 0.0977. The van der Waals surface area contributed by atoms with Gasteiger partial charge in [0.05, 0.1) is 0 Å². The van der Waals surface area contributed by atoms with Crippen LogP contribution in [0, 0.1) is 0 Å². The highest BCUT2D eigenvalue weighted by atomic mass is 32.2. The molecule has 2 rings (SSSR count). The number of benzene rings is 2. The van der Waals surface area contributed by atoms with Crippen LogP contribution in [0.4, 0.5) is 4.79 Å². The van der Waals surface area contributed by atoms with Gasteiger partial charge in [-0.25, -0.2) is 4.79 Å². The van der Waals surface area contributed by atoms with Gasteiger partial charge in [-0.05, 0) is 17.4 Å². The molecule has 1 unspecified atom stereocenters. The second kappa shape index (κ2) is 7.60. The number of alkyl carbamates (subject to hydrolysis) is 1. The van der Waals surface area contributed by atoms with Crippen LogP contribution in [0.15, 0.2) is 60.7 Å². The van der Waals surface area contributed by atoms with Gasteiger partial charge >= 0.3 is 6.09 Å². The quantitative estimate of drug-likeness (QED) is 0.845. The van der Waals surface area contributed by atoms with Gasteiger partial charge in [-0.2, -0.15) is 0 Å². The minimum Gasteiger partial charge on any atom is -0.445 e. The first-order valence-electron chi connectivity index (χ1n) is 6.34. The van der Waals surface area contributed by atoms with E-state index in [2.05, 4.69) is 5.32 Å². The second-order valence-electron chi connectivity index (χ2n) is 4.23. The highest BCUT2D eigenvalue weighted by Crippen LogP contribution is 2.23. The number of ether oxygens (including phenoxy) is 1. The fraction of sp³-hybridized carbons (Fsp3) is 0.188. The fourth-order valence-corrected chi connectivity index (χ4v) is 2.42. The van der Waals surface area contributed by atoms with Crippen LogP contribution in [-0.2, 0) is 11.3 Å². The molecule has 0 saturated carbocycles. The normalized spacial score (nSPS) is 11.7. The Morgan fingerprint density at radius 1 is 1.10 bits per heavy atom. The molecular weight excluding hydrogens is 270 g/mol. The van der Waals surface area contributed by atoms with Crippen molar-refractivity contribution in [2.24, 2.45) is 0 Å². The molecule has 20 heavy (non-hydrogen) atoms. The van der Waals surface area contributed by atoms with Gasteiger partial charge in [-0.1, -0.05) is 60.7 Å². The molecule has 4 heteroatoms. The van der Waals surface area contributed by atoms with Crippen LogP contribution in [0.5, 0.6) is 0 Å². The van der Waals surface area contributed by atoms with Gasteiger partial charge in [0, 0.05) is 0 Å². The summed E-state index contributed by atoms with van der Waals surface area (Å²) in [6, 6.07) is 19.5. The molecule has 0 saturated heterocycles. The molecule has 0 aliphatic rings. The van der Waals surface area contributed by atoms with Crippen molar-refractivity contribution in [1.29, 1.82) is 0 Å². The number of hydrogen-bond donors (Lipinski definition) is 1. The lowest BCUT2D eigenvalue weighted by Gasteiger charge is -2.16. The van der Waals surface area contributed by atoms with Crippen molar-refractivity contribution in [2.75, 3.05) is 6.26 Å². The van der Waals surface area contributed by atoms with E-state index in [-0.39, 0.29) is 12.0 Å². The lowest BCUT2D eigenvalue weighted by atomic mass is 10.2. The number of rotatable bonds is 5. The average molecular weight is 287 g/mol. The summed E-state index contributed by atoms with van der Waals surface area (Å²) >= 11 is 1.56. The molecule has 0 bridgehead atoms. The van der Waals surface area contributed by atoms with E-state index < -0.39 is 6.09 Å². The second-order valence-corrected chi connectivity index (χ2v) is 5.18. The number of hydrogen-bond acceptors (Lipinski definition) is 3. The summed E-state index contributed by atoms with van der Waals surface area (Å²) < 4.78 is 5.22. The van der Waals surface area contributed by atoms with E-state index in [0.29, 0.717) is 0 Å². The number of thioether (sulfide) groups is 1. The van der Waals surface area contributed by atoms with Crippen LogP contribution in [0.2, 0.25) is 0 Å². The predicted molar refractivity (Wildman–Crippen MR) is 82.5 cm³/mol. The number of carbonyl (C=O) groups excluding carboxylic acids is 1. The first-order valence-corrected chi connectivity index (χ1v) is 7.63. The van der Waals surface area contributed by atoms with E-state index in [4.69, 9.17) is 4.74 Å². The van der Waals surface area contributed by atoms with Crippen molar-refractivity contribution in [3.8, 4) is 0 Å². The van der Waals surface area contributed by atoms with Crippen molar-refractivity contribution < 1.29 is 9.53 Å². The molecule has 0 radical (unpaired) electrons. The van der Waals surface area contributed by atoms with Gasteiger partial charge in [0.15, 0.2) is 0 Å². The summed E-state index contributed by atoms with van der Waals surface area (Å²) in [7, 11) is 0. The number of amides is 1. The smallest absolute Gasteiger partial charge is 0.408 e. The van der Waals surface area contributed by atoms with Crippen LogP contribution in [-0.4, -0.2) is 12.3 Å². The van der Waals surface area contributed by atoms with Crippen LogP contribution in [0.3, 0.4) is 0 Å². The highest BCUT2D eigenvalue weighted by Gasteiger charge is 2.13. The molecule has 0 heterocycles. The maximum absolute atomic E-state index is 11.8. The first kappa shape index (κ1) is 14.5. The van der Waals surface area contributed by atoms with Gasteiger partial charge in [0.2, 0.25) is 0 Å². The Morgan fingerprint density at radius 2 is 1.70 bits per heavy atom. The highest BCUT2D eigenvalue weighted by molar-refractivity contribution is 7.98. The van der Waals surface area contributed by atoms with Crippen LogP contribution < -0.4 is 5.32 Å². The van der Waals surface area contributed by atoms with Crippen LogP contribution in [0.1, 0.15) is 16.5 Å². The standard InChI is InChI=1S/C16H17NO2S/c1-20-15(14-10-6-3-7-11-14)17-16(18)19-12-13-8-4-2-5-9-13/h2-11,15H,12H2,1H3,(H,17,18). The lowest BCUT2D eigenvalue weighted by molar-refractivity contribution is 0.139. The summed E-state index contributed by atoms with van der Waals surface area (Å²) in [6.07, 6.45) is 1.55. The fourth-order valence-electron chi connectivity index (χ4n) is 1.78. The summed E-state index contributed by atoms with van der Waals surface area (Å²) in [5.41, 5.74) is 2.03. The molecule has 0 fully saturated rings. The first-order chi connectivity index (χ1) is 9.79. The van der Waals surface area contributed by atoms with Crippen LogP contribution >= 0.6 is 11.8 Å². The van der Waals surface area contributed by atoms with E-state index in [0.717, 1.165) is 11.1 Å². The topological polar surface area (TPSA) is 38.3 Å². The lowest BCUT2D eigenvalue weighted by Crippen LogP contribution is -2.27. The van der Waals surface area contributed by atoms with Gasteiger partial charge in [-0.15, -0.1) is 11.8 Å². The number of nitrogens with one attached hydrogen (secondary N) is 1. The maximum atomic E-state index is 11.8. The zero-order chi connectivity index (χ0) is 14.2. The summed E-state index contributed by atoms with van der Waals surface area (Å²) in [5.74, 6) is 0. The molecule has 0 aliphatic heterocycles. The van der Waals surface area contributed by atoms with Gasteiger partial charge in [-0.3, -0.25) is 0 Å². The summed E-state index contributed by atoms with van der Waals surface area (Å²) in [4.78, 5) is 11.8. The Bertz CT molecular complexity index is 531. The van der Waals surface area contributed by atoms with E-state index in [1.165, 1.54) is 0 Å². The Balaban J connectivity index is 1.87. The summed E-state index contributed by atoms with van der Waals surface area (Å²) in [6.45, 7) is 0.280. The molecule has 0 spiro atoms. The SMILES string of the molecule is CSC(NC(=O)OCc1ccccc1)c1ccccc1. The Hall–Kier alpha value is -1.94. The van der Waals surface area contributed by atoms with Crippen LogP contribution in [0.25, 0.3) is 0 Å². The Labute approximate surface area is 123 Å². The van der Waals surface area contributed by atoms with Gasteiger partial charge in [0.25, 0.3) is 0 Å². The summed E-state index contributed by atoms with van der Waals surface area (Å²) in [5, 5.41) is 2.76. The molecule has 0 aromatic heterocycles. The molecular formula is C16H17NO2S. The maximum Gasteiger partial charge on any atom is 0.408 e. The average Bonchev–Trinajstić information content (AvgIpc) is 2.52. The molecule has 1 N–H and O–H groups in total. The Morgan fingerprint density at radius 3 is 2.30 bits per heavy atom. The largest absolute Gasteiger partial charge is 0.445 e. The molecule has 1 amide bonds. The molecule has 1 atom stereocenters. The minimum atomic E-state index is -0.406. The zero-order valence-corrected chi connectivity index (χ0v) is 12.1. The molecule has 3 nitrogen and oxygen atoms in total. The third kappa shape index (κ3) is 4.31. The molecule has 2 aromatic rings. The Kier molecular flexibility index (Phi) is 5.50. The van der Waals surface area contributed by atoms with Crippen molar-refractivity contribution in [3.63, 3.8) is 0 Å². The van der Waals surface area contributed by atoms with Crippen molar-refractivity contribution in [1.82, 2.24) is 5.32 Å². The van der Waals surface area contributed by atoms with E-state index in [9.17, 15) is 4.79 Å². The van der Waals surface area contributed by atoms with Crippen molar-refractivity contribution >= 4 is 17.9 Å². The van der Waals surface area contributed by atoms with E-state index in [1.807, 2.05) is 66.9 Å². The van der Waals surface area contributed by atoms with Crippen molar-refractivity contribution in [2.45, 2.75) is 12.0 Å². The molecule has 104 valence electrons. The predicted octanol–water partition coefficient (Wildman–Crippen LogP) is 3.97. The molecule has 0 aliphatic carbocycles. The third-order valence-corrected chi connectivity index (χ3v) is 3.66.